The molecule has 0 spiro atoms. The molecule has 0 amide bonds. The second-order valence-corrected chi connectivity index (χ2v) is 7.35. The number of anilines is 2. The molecule has 8 nitrogen and oxygen atoms in total. The van der Waals surface area contributed by atoms with Crippen LogP contribution < -0.4 is 15.2 Å². The van der Waals surface area contributed by atoms with Gasteiger partial charge in [0, 0.05) is 11.8 Å². The number of halogens is 2. The van der Waals surface area contributed by atoms with Crippen LogP contribution in [0.1, 0.15) is 5.56 Å². The highest BCUT2D eigenvalue weighted by Crippen LogP contribution is 2.31. The van der Waals surface area contributed by atoms with Crippen LogP contribution in [-0.2, 0) is 15.8 Å². The monoisotopic (exact) mass is 407 g/mol. The number of nitrogens with one attached hydrogen (secondary N) is 1. The van der Waals surface area contributed by atoms with Crippen molar-refractivity contribution in [2.45, 2.75) is 5.75 Å². The zero-order chi connectivity index (χ0) is 20.3. The summed E-state index contributed by atoms with van der Waals surface area (Å²) in [7, 11) is -2.43. The Hall–Kier alpha value is -3.18. The van der Waals surface area contributed by atoms with Crippen LogP contribution in [0.3, 0.4) is 0 Å². The largest absolute Gasteiger partial charge is 0.493 e. The summed E-state index contributed by atoms with van der Waals surface area (Å²) in [6, 6.07) is 8.22. The first kappa shape index (κ1) is 19.6. The first-order valence-electron chi connectivity index (χ1n) is 7.84. The van der Waals surface area contributed by atoms with Crippen LogP contribution in [0, 0.1) is 11.6 Å². The van der Waals surface area contributed by atoms with E-state index in [1.165, 1.54) is 13.4 Å². The van der Waals surface area contributed by atoms with Crippen molar-refractivity contribution in [3.05, 3.63) is 59.9 Å². The highest BCUT2D eigenvalue weighted by Gasteiger charge is 2.16. The van der Waals surface area contributed by atoms with Gasteiger partial charge in [0.05, 0.1) is 18.4 Å². The summed E-state index contributed by atoms with van der Waals surface area (Å²) >= 11 is 0. The van der Waals surface area contributed by atoms with Crippen LogP contribution in [0.4, 0.5) is 20.4 Å². The molecule has 3 rings (SSSR count). The second-order valence-electron chi connectivity index (χ2n) is 5.73. The van der Waals surface area contributed by atoms with Gasteiger partial charge in [0.25, 0.3) is 0 Å². The highest BCUT2D eigenvalue weighted by atomic mass is 32.2. The van der Waals surface area contributed by atoms with Crippen molar-refractivity contribution in [1.29, 1.82) is 0 Å². The zero-order valence-corrected chi connectivity index (χ0v) is 15.4. The van der Waals surface area contributed by atoms with E-state index in [1.807, 2.05) is 0 Å². The van der Waals surface area contributed by atoms with Gasteiger partial charge in [-0.25, -0.2) is 32.3 Å². The Morgan fingerprint density at radius 3 is 2.68 bits per heavy atom. The minimum atomic E-state index is -3.68. The number of nitrogens with zero attached hydrogens (tertiary/aromatic N) is 3. The molecule has 0 aliphatic rings. The lowest BCUT2D eigenvalue weighted by molar-refractivity contribution is 0.385. The number of aromatic nitrogens is 3. The number of primary sulfonamides is 1. The van der Waals surface area contributed by atoms with E-state index in [0.717, 1.165) is 6.07 Å². The smallest absolute Gasteiger partial charge is 0.230 e. The Kier molecular flexibility index (Phi) is 5.47. The predicted molar refractivity (Wildman–Crippen MR) is 98.3 cm³/mol. The molecule has 0 radical (unpaired) electrons. The van der Waals surface area contributed by atoms with Crippen LogP contribution >= 0.6 is 0 Å². The van der Waals surface area contributed by atoms with Crippen LogP contribution in [0.2, 0.25) is 0 Å². The van der Waals surface area contributed by atoms with E-state index < -0.39 is 21.7 Å². The third-order valence-corrected chi connectivity index (χ3v) is 4.31. The summed E-state index contributed by atoms with van der Waals surface area (Å²) in [5, 5.41) is 7.93. The normalized spacial score (nSPS) is 11.3. The first-order valence-corrected chi connectivity index (χ1v) is 9.55. The number of nitrogens with two attached hydrogens (primary N) is 1. The average Bonchev–Trinajstić information content (AvgIpc) is 2.60. The van der Waals surface area contributed by atoms with Gasteiger partial charge in [-0.2, -0.15) is 4.98 Å². The molecule has 0 saturated carbocycles. The highest BCUT2D eigenvalue weighted by molar-refractivity contribution is 7.88. The molecule has 0 aliphatic carbocycles. The number of benzene rings is 2. The average molecular weight is 407 g/mol. The Balaban J connectivity index is 1.92. The minimum Gasteiger partial charge on any atom is -0.493 e. The summed E-state index contributed by atoms with van der Waals surface area (Å²) in [5.41, 5.74) is 0.986. The molecule has 11 heteroatoms. The SMILES string of the molecule is COc1c(F)cc(F)cc1-c1ncnc(Nc2cccc(CS(N)(=O)=O)c2)n1. The van der Waals surface area contributed by atoms with Crippen molar-refractivity contribution in [3.63, 3.8) is 0 Å². The molecule has 3 N–H and O–H groups in total. The molecule has 1 aromatic heterocycles. The van der Waals surface area contributed by atoms with Gasteiger partial charge in [-0.15, -0.1) is 0 Å². The van der Waals surface area contributed by atoms with Gasteiger partial charge in [0.2, 0.25) is 16.0 Å². The van der Waals surface area contributed by atoms with Crippen molar-refractivity contribution in [3.8, 4) is 17.1 Å². The molecule has 28 heavy (non-hydrogen) atoms. The van der Waals surface area contributed by atoms with Crippen LogP contribution in [0.15, 0.2) is 42.7 Å². The van der Waals surface area contributed by atoms with Crippen molar-refractivity contribution < 1.29 is 21.9 Å². The molecule has 0 saturated heterocycles. The van der Waals surface area contributed by atoms with Gasteiger partial charge in [0.15, 0.2) is 17.4 Å². The van der Waals surface area contributed by atoms with Gasteiger partial charge in [-0.05, 0) is 23.8 Å². The van der Waals surface area contributed by atoms with Crippen molar-refractivity contribution in [2.75, 3.05) is 12.4 Å². The molecule has 3 aromatic rings. The van der Waals surface area contributed by atoms with Crippen molar-refractivity contribution in [1.82, 2.24) is 15.0 Å². The maximum atomic E-state index is 13.9. The van der Waals surface area contributed by atoms with Crippen molar-refractivity contribution >= 4 is 21.7 Å². The predicted octanol–water partition coefficient (Wildman–Crippen LogP) is 2.36. The topological polar surface area (TPSA) is 120 Å². The fourth-order valence-corrected chi connectivity index (χ4v) is 3.16. The third kappa shape index (κ3) is 4.75. The Bertz CT molecular complexity index is 1130. The molecule has 2 aromatic carbocycles. The Morgan fingerprint density at radius 2 is 1.96 bits per heavy atom. The van der Waals surface area contributed by atoms with Gasteiger partial charge in [-0.3, -0.25) is 0 Å². The van der Waals surface area contributed by atoms with E-state index in [2.05, 4.69) is 20.3 Å². The Labute approximate surface area is 159 Å². The fourth-order valence-electron chi connectivity index (χ4n) is 2.52. The Morgan fingerprint density at radius 1 is 1.18 bits per heavy atom. The van der Waals surface area contributed by atoms with Gasteiger partial charge in [0.1, 0.15) is 12.1 Å². The maximum Gasteiger partial charge on any atom is 0.230 e. The maximum absolute atomic E-state index is 13.9. The number of ether oxygens (including phenoxy) is 1. The first-order chi connectivity index (χ1) is 13.2. The lowest BCUT2D eigenvalue weighted by Gasteiger charge is -2.10. The third-order valence-electron chi connectivity index (χ3n) is 3.58. The van der Waals surface area contributed by atoms with Gasteiger partial charge < -0.3 is 10.1 Å². The van der Waals surface area contributed by atoms with E-state index >= 15 is 0 Å². The standard InChI is InChI=1S/C17H15F2N5O3S/c1-27-15-13(6-11(18)7-14(15)19)16-21-9-22-17(24-16)23-12-4-2-3-10(5-12)8-28(20,25)26/h2-7,9H,8H2,1H3,(H2,20,25,26)(H,21,22,23,24). The summed E-state index contributed by atoms with van der Waals surface area (Å²) < 4.78 is 55.0. The minimum absolute atomic E-state index is 0.00607. The van der Waals surface area contributed by atoms with E-state index in [4.69, 9.17) is 9.88 Å². The van der Waals surface area contributed by atoms with Crippen LogP contribution in [0.25, 0.3) is 11.4 Å². The quantitative estimate of drug-likeness (QED) is 0.643. The second kappa shape index (κ2) is 7.82. The molecule has 146 valence electrons. The summed E-state index contributed by atoms with van der Waals surface area (Å²) in [6.07, 6.45) is 1.17. The van der Waals surface area contributed by atoms with E-state index in [0.29, 0.717) is 17.3 Å². The van der Waals surface area contributed by atoms with Crippen molar-refractivity contribution in [2.24, 2.45) is 5.14 Å². The lowest BCUT2D eigenvalue weighted by atomic mass is 10.1. The molecule has 1 heterocycles. The number of hydrogen-bond acceptors (Lipinski definition) is 7. The lowest BCUT2D eigenvalue weighted by Crippen LogP contribution is -2.14. The number of hydrogen-bond donors (Lipinski definition) is 2. The van der Waals surface area contributed by atoms with Gasteiger partial charge >= 0.3 is 0 Å². The van der Waals surface area contributed by atoms with E-state index in [-0.39, 0.29) is 28.8 Å². The molecule has 0 unspecified atom stereocenters. The molecule has 0 atom stereocenters. The molecule has 0 aliphatic heterocycles. The summed E-state index contributed by atoms with van der Waals surface area (Å²) in [4.78, 5) is 12.0. The fraction of sp³-hybridized carbons (Fsp3) is 0.118. The van der Waals surface area contributed by atoms with E-state index in [9.17, 15) is 17.2 Å². The number of methoxy groups -OCH3 is 1. The molecule has 0 bridgehead atoms. The van der Waals surface area contributed by atoms with Gasteiger partial charge in [-0.1, -0.05) is 12.1 Å². The molecular formula is C17H15F2N5O3S. The molecular weight excluding hydrogens is 392 g/mol. The van der Waals surface area contributed by atoms with Crippen LogP contribution in [0.5, 0.6) is 5.75 Å². The zero-order valence-electron chi connectivity index (χ0n) is 14.6. The number of rotatable bonds is 6. The summed E-state index contributed by atoms with van der Waals surface area (Å²) in [6.45, 7) is 0. The molecule has 0 fully saturated rings. The number of sulfonamides is 1. The van der Waals surface area contributed by atoms with Crippen LogP contribution in [-0.4, -0.2) is 30.5 Å². The summed E-state index contributed by atoms with van der Waals surface area (Å²) in [5.74, 6) is -2.14. The van der Waals surface area contributed by atoms with E-state index in [1.54, 1.807) is 24.3 Å².